The van der Waals surface area contributed by atoms with Crippen LogP contribution < -0.4 is 0 Å². The first-order valence-corrected chi connectivity index (χ1v) is 6.50. The Labute approximate surface area is 112 Å². The normalized spacial score (nSPS) is 15.1. The number of aliphatic hydroxyl groups excluding tert-OH is 1. The third-order valence-electron chi connectivity index (χ3n) is 2.99. The van der Waals surface area contributed by atoms with Crippen LogP contribution in [0.1, 0.15) is 24.7 Å². The molecule has 1 aromatic carbocycles. The van der Waals surface area contributed by atoms with E-state index in [-0.39, 0.29) is 12.4 Å². The van der Waals surface area contributed by atoms with Crippen LogP contribution in [0.2, 0.25) is 0 Å². The molecule has 0 bridgehead atoms. The topological polar surface area (TPSA) is 50.9 Å². The highest BCUT2D eigenvalue weighted by atomic mass is 79.9. The van der Waals surface area contributed by atoms with E-state index in [1.807, 2.05) is 4.57 Å². The van der Waals surface area contributed by atoms with Crippen LogP contribution in [0.5, 0.6) is 0 Å². The van der Waals surface area contributed by atoms with Crippen molar-refractivity contribution in [3.05, 3.63) is 34.3 Å². The number of nitrogens with zero attached hydrogens (tertiary/aromatic N) is 3. The fourth-order valence-corrected chi connectivity index (χ4v) is 2.34. The zero-order valence-electron chi connectivity index (χ0n) is 9.48. The molecular weight excluding hydrogens is 301 g/mol. The van der Waals surface area contributed by atoms with E-state index in [1.165, 1.54) is 6.07 Å². The average molecular weight is 312 g/mol. The SMILES string of the molecule is OCc1nnc(-c2ccc(Br)cc2F)n1C1CC1. The number of aliphatic hydroxyl groups is 1. The van der Waals surface area contributed by atoms with Gasteiger partial charge in [-0.15, -0.1) is 10.2 Å². The lowest BCUT2D eigenvalue weighted by Crippen LogP contribution is -2.04. The summed E-state index contributed by atoms with van der Waals surface area (Å²) in [5, 5.41) is 17.2. The highest BCUT2D eigenvalue weighted by molar-refractivity contribution is 9.10. The van der Waals surface area contributed by atoms with Crippen molar-refractivity contribution < 1.29 is 9.50 Å². The quantitative estimate of drug-likeness (QED) is 0.948. The van der Waals surface area contributed by atoms with Crippen molar-refractivity contribution in [3.8, 4) is 11.4 Å². The molecule has 2 aromatic rings. The predicted molar refractivity (Wildman–Crippen MR) is 67.3 cm³/mol. The Bertz CT molecular complexity index is 595. The molecule has 1 saturated carbocycles. The highest BCUT2D eigenvalue weighted by Gasteiger charge is 2.30. The minimum atomic E-state index is -0.344. The molecule has 1 heterocycles. The van der Waals surface area contributed by atoms with Gasteiger partial charge in [-0.1, -0.05) is 15.9 Å². The molecule has 3 rings (SSSR count). The number of hydrogen-bond donors (Lipinski definition) is 1. The van der Waals surface area contributed by atoms with Crippen molar-refractivity contribution >= 4 is 15.9 Å². The summed E-state index contributed by atoms with van der Waals surface area (Å²) in [6.45, 7) is -0.179. The number of benzene rings is 1. The zero-order chi connectivity index (χ0) is 12.7. The molecule has 0 saturated heterocycles. The Hall–Kier alpha value is -1.27. The van der Waals surface area contributed by atoms with Crippen LogP contribution in [0.15, 0.2) is 22.7 Å². The van der Waals surface area contributed by atoms with E-state index in [4.69, 9.17) is 0 Å². The summed E-state index contributed by atoms with van der Waals surface area (Å²) < 4.78 is 16.5. The fraction of sp³-hybridized carbons (Fsp3) is 0.333. The van der Waals surface area contributed by atoms with Crippen molar-refractivity contribution in [1.29, 1.82) is 0 Å². The molecule has 6 heteroatoms. The molecule has 94 valence electrons. The van der Waals surface area contributed by atoms with Gasteiger partial charge in [0.2, 0.25) is 0 Å². The zero-order valence-corrected chi connectivity index (χ0v) is 11.1. The first kappa shape index (κ1) is 11.8. The van der Waals surface area contributed by atoms with Gasteiger partial charge >= 0.3 is 0 Å². The number of aromatic nitrogens is 3. The average Bonchev–Trinajstić information content (AvgIpc) is 3.09. The summed E-state index contributed by atoms with van der Waals surface area (Å²) >= 11 is 3.22. The van der Waals surface area contributed by atoms with E-state index < -0.39 is 0 Å². The second kappa shape index (κ2) is 4.44. The van der Waals surface area contributed by atoms with Crippen LogP contribution in [0.3, 0.4) is 0 Å². The van der Waals surface area contributed by atoms with Crippen molar-refractivity contribution in [1.82, 2.24) is 14.8 Å². The Kier molecular flexibility index (Phi) is 2.91. The molecule has 0 atom stereocenters. The lowest BCUT2D eigenvalue weighted by atomic mass is 10.2. The maximum atomic E-state index is 13.9. The minimum Gasteiger partial charge on any atom is -0.388 e. The number of halogens is 2. The summed E-state index contributed by atoms with van der Waals surface area (Å²) in [4.78, 5) is 0. The predicted octanol–water partition coefficient (Wildman–Crippen LogP) is 2.67. The van der Waals surface area contributed by atoms with Crippen molar-refractivity contribution in [2.45, 2.75) is 25.5 Å². The van der Waals surface area contributed by atoms with Crippen LogP contribution in [0.4, 0.5) is 4.39 Å². The van der Waals surface area contributed by atoms with E-state index in [0.717, 1.165) is 12.8 Å². The maximum Gasteiger partial charge on any atom is 0.167 e. The minimum absolute atomic E-state index is 0.179. The Morgan fingerprint density at radius 3 is 2.78 bits per heavy atom. The van der Waals surface area contributed by atoms with Gasteiger partial charge in [0, 0.05) is 10.5 Å². The summed E-state index contributed by atoms with van der Waals surface area (Å²) in [6, 6.07) is 5.13. The van der Waals surface area contributed by atoms with Crippen molar-refractivity contribution in [2.24, 2.45) is 0 Å². The van der Waals surface area contributed by atoms with E-state index in [0.29, 0.717) is 27.7 Å². The molecule has 0 aliphatic heterocycles. The van der Waals surface area contributed by atoms with E-state index in [2.05, 4.69) is 26.1 Å². The Morgan fingerprint density at radius 2 is 2.17 bits per heavy atom. The van der Waals surface area contributed by atoms with Crippen molar-refractivity contribution in [3.63, 3.8) is 0 Å². The second-order valence-corrected chi connectivity index (χ2v) is 5.24. The smallest absolute Gasteiger partial charge is 0.167 e. The van der Waals surface area contributed by atoms with Gasteiger partial charge < -0.3 is 9.67 Å². The largest absolute Gasteiger partial charge is 0.388 e. The van der Waals surface area contributed by atoms with E-state index in [9.17, 15) is 9.50 Å². The number of rotatable bonds is 3. The van der Waals surface area contributed by atoms with Crippen LogP contribution in [0.25, 0.3) is 11.4 Å². The second-order valence-electron chi connectivity index (χ2n) is 4.32. The van der Waals surface area contributed by atoms with Gasteiger partial charge in [0.1, 0.15) is 12.4 Å². The molecule has 18 heavy (non-hydrogen) atoms. The molecule has 1 fully saturated rings. The molecule has 0 radical (unpaired) electrons. The van der Waals surface area contributed by atoms with Gasteiger partial charge in [-0.25, -0.2) is 4.39 Å². The van der Waals surface area contributed by atoms with Gasteiger partial charge in [0.15, 0.2) is 11.6 Å². The monoisotopic (exact) mass is 311 g/mol. The third kappa shape index (κ3) is 1.95. The third-order valence-corrected chi connectivity index (χ3v) is 3.49. The maximum absolute atomic E-state index is 13.9. The molecular formula is C12H11BrFN3O. The Morgan fingerprint density at radius 1 is 1.39 bits per heavy atom. The molecule has 0 spiro atoms. The summed E-state index contributed by atoms with van der Waals surface area (Å²) in [5.74, 6) is 0.643. The standard InChI is InChI=1S/C12H11BrFN3O/c13-7-1-4-9(10(14)5-7)12-16-15-11(6-18)17(12)8-2-3-8/h1,4-5,8,18H,2-3,6H2. The fourth-order valence-electron chi connectivity index (χ4n) is 2.00. The number of hydrogen-bond acceptors (Lipinski definition) is 3. The summed E-state index contributed by atoms with van der Waals surface area (Å²) in [6.07, 6.45) is 2.05. The van der Waals surface area contributed by atoms with Gasteiger partial charge in [-0.05, 0) is 31.0 Å². The molecule has 1 N–H and O–H groups in total. The van der Waals surface area contributed by atoms with Gasteiger partial charge in [-0.3, -0.25) is 0 Å². The summed E-state index contributed by atoms with van der Waals surface area (Å²) in [7, 11) is 0. The van der Waals surface area contributed by atoms with E-state index >= 15 is 0 Å². The van der Waals surface area contributed by atoms with E-state index in [1.54, 1.807) is 12.1 Å². The first-order valence-electron chi connectivity index (χ1n) is 5.70. The molecule has 4 nitrogen and oxygen atoms in total. The molecule has 0 unspecified atom stereocenters. The van der Waals surface area contributed by atoms with Gasteiger partial charge in [-0.2, -0.15) is 0 Å². The summed E-state index contributed by atoms with van der Waals surface area (Å²) in [5.41, 5.74) is 0.414. The molecule has 1 aromatic heterocycles. The van der Waals surface area contributed by atoms with Crippen LogP contribution in [-0.2, 0) is 6.61 Å². The molecule has 0 amide bonds. The van der Waals surface area contributed by atoms with Crippen LogP contribution in [-0.4, -0.2) is 19.9 Å². The van der Waals surface area contributed by atoms with Crippen molar-refractivity contribution in [2.75, 3.05) is 0 Å². The lowest BCUT2D eigenvalue weighted by Gasteiger charge is -2.08. The van der Waals surface area contributed by atoms with Crippen LogP contribution in [0, 0.1) is 5.82 Å². The van der Waals surface area contributed by atoms with Gasteiger partial charge in [0.25, 0.3) is 0 Å². The Balaban J connectivity index is 2.13. The van der Waals surface area contributed by atoms with Crippen LogP contribution >= 0.6 is 15.9 Å². The molecule has 1 aliphatic rings. The first-order chi connectivity index (χ1) is 8.70. The lowest BCUT2D eigenvalue weighted by molar-refractivity contribution is 0.265. The molecule has 1 aliphatic carbocycles. The highest BCUT2D eigenvalue weighted by Crippen LogP contribution is 2.39. The van der Waals surface area contributed by atoms with Gasteiger partial charge in [0.05, 0.1) is 5.56 Å².